The van der Waals surface area contributed by atoms with E-state index in [1.165, 1.54) is 0 Å². The average molecular weight is 293 g/mol. The van der Waals surface area contributed by atoms with Crippen LogP contribution in [0, 0.1) is 0 Å². The van der Waals surface area contributed by atoms with Gasteiger partial charge in [0.25, 0.3) is 0 Å². The predicted molar refractivity (Wildman–Crippen MR) is 73.6 cm³/mol. The molecule has 7 heteroatoms. The standard InChI is InChI=1S/C13H27NO6/c1-3-17-11-19-9-7-14(6-5-13(15)16)8-10-20-12-18-4-2/h3-12H2,1-2H3,(H,15,16). The number of hydrogen-bond donors (Lipinski definition) is 1. The third kappa shape index (κ3) is 13.7. The lowest BCUT2D eigenvalue weighted by Crippen LogP contribution is -2.33. The van der Waals surface area contributed by atoms with Crippen molar-refractivity contribution in [2.75, 3.05) is 59.6 Å². The van der Waals surface area contributed by atoms with Crippen LogP contribution in [0.2, 0.25) is 0 Å². The summed E-state index contributed by atoms with van der Waals surface area (Å²) in [5, 5.41) is 8.72. The lowest BCUT2D eigenvalue weighted by molar-refractivity contribution is -0.137. The van der Waals surface area contributed by atoms with E-state index in [-0.39, 0.29) is 20.0 Å². The summed E-state index contributed by atoms with van der Waals surface area (Å²) >= 11 is 0. The summed E-state index contributed by atoms with van der Waals surface area (Å²) in [6.07, 6.45) is 0.108. The monoisotopic (exact) mass is 293 g/mol. The first-order chi connectivity index (χ1) is 9.70. The Morgan fingerprint density at radius 3 is 1.80 bits per heavy atom. The quantitative estimate of drug-likeness (QED) is 0.353. The second-order valence-corrected chi connectivity index (χ2v) is 4.02. The number of rotatable bonds is 15. The van der Waals surface area contributed by atoms with Crippen molar-refractivity contribution in [1.82, 2.24) is 4.90 Å². The first-order valence-corrected chi connectivity index (χ1v) is 6.95. The van der Waals surface area contributed by atoms with Crippen molar-refractivity contribution in [3.8, 4) is 0 Å². The molecule has 0 bridgehead atoms. The van der Waals surface area contributed by atoms with Gasteiger partial charge in [0, 0.05) is 32.8 Å². The van der Waals surface area contributed by atoms with Gasteiger partial charge >= 0.3 is 5.97 Å². The minimum Gasteiger partial charge on any atom is -0.481 e. The van der Waals surface area contributed by atoms with Crippen molar-refractivity contribution < 1.29 is 28.8 Å². The summed E-state index contributed by atoms with van der Waals surface area (Å²) in [6, 6.07) is 0. The van der Waals surface area contributed by atoms with Crippen LogP contribution in [0.25, 0.3) is 0 Å². The van der Waals surface area contributed by atoms with E-state index in [0.29, 0.717) is 46.1 Å². The van der Waals surface area contributed by atoms with Gasteiger partial charge in [-0.2, -0.15) is 0 Å². The van der Waals surface area contributed by atoms with Crippen LogP contribution in [-0.4, -0.2) is 75.6 Å². The van der Waals surface area contributed by atoms with Gasteiger partial charge in [0.1, 0.15) is 13.6 Å². The average Bonchev–Trinajstić information content (AvgIpc) is 2.43. The summed E-state index contributed by atoms with van der Waals surface area (Å²) in [6.45, 7) is 8.37. The molecule has 0 heterocycles. The smallest absolute Gasteiger partial charge is 0.304 e. The van der Waals surface area contributed by atoms with Crippen LogP contribution < -0.4 is 0 Å². The summed E-state index contributed by atoms with van der Waals surface area (Å²) in [5.74, 6) is -0.805. The van der Waals surface area contributed by atoms with Gasteiger partial charge in [0.2, 0.25) is 0 Å². The molecule has 0 saturated carbocycles. The second-order valence-electron chi connectivity index (χ2n) is 4.02. The Hall–Kier alpha value is -0.730. The Balaban J connectivity index is 3.73. The molecule has 0 aliphatic carbocycles. The highest BCUT2D eigenvalue weighted by Crippen LogP contribution is 1.94. The van der Waals surface area contributed by atoms with Crippen molar-refractivity contribution in [3.05, 3.63) is 0 Å². The van der Waals surface area contributed by atoms with E-state index in [1.54, 1.807) is 0 Å². The van der Waals surface area contributed by atoms with Crippen molar-refractivity contribution in [2.24, 2.45) is 0 Å². The third-order valence-electron chi connectivity index (χ3n) is 2.49. The fraction of sp³-hybridized carbons (Fsp3) is 0.923. The SMILES string of the molecule is CCOCOCCN(CCOCOCC)CCC(=O)O. The van der Waals surface area contributed by atoms with Crippen molar-refractivity contribution >= 4 is 5.97 Å². The molecule has 0 aromatic heterocycles. The maximum absolute atomic E-state index is 10.6. The molecular formula is C13H27NO6. The summed E-state index contributed by atoms with van der Waals surface area (Å²) in [7, 11) is 0. The zero-order valence-electron chi connectivity index (χ0n) is 12.5. The van der Waals surface area contributed by atoms with E-state index in [2.05, 4.69) is 0 Å². The van der Waals surface area contributed by atoms with Gasteiger partial charge in [-0.25, -0.2) is 0 Å². The maximum atomic E-state index is 10.6. The number of ether oxygens (including phenoxy) is 4. The number of nitrogens with zero attached hydrogens (tertiary/aromatic N) is 1. The van der Waals surface area contributed by atoms with Gasteiger partial charge in [0.05, 0.1) is 19.6 Å². The van der Waals surface area contributed by atoms with Crippen LogP contribution in [-0.2, 0) is 23.7 Å². The molecule has 0 saturated heterocycles. The zero-order chi connectivity index (χ0) is 15.1. The van der Waals surface area contributed by atoms with Crippen LogP contribution in [0.3, 0.4) is 0 Å². The second kappa shape index (κ2) is 14.7. The molecule has 120 valence electrons. The van der Waals surface area contributed by atoms with Crippen LogP contribution in [0.4, 0.5) is 0 Å². The molecule has 0 aromatic rings. The molecule has 0 aliphatic rings. The molecule has 0 spiro atoms. The summed E-state index contributed by atoms with van der Waals surface area (Å²) in [4.78, 5) is 12.6. The molecule has 0 fully saturated rings. The number of aliphatic carboxylic acids is 1. The lowest BCUT2D eigenvalue weighted by atomic mass is 10.3. The number of carboxylic acids is 1. The van der Waals surface area contributed by atoms with Crippen molar-refractivity contribution in [1.29, 1.82) is 0 Å². The molecule has 0 rings (SSSR count). The van der Waals surface area contributed by atoms with Crippen LogP contribution in [0.1, 0.15) is 20.3 Å². The minimum absolute atomic E-state index is 0.108. The predicted octanol–water partition coefficient (Wildman–Crippen LogP) is 0.784. The molecule has 0 amide bonds. The van der Waals surface area contributed by atoms with Crippen LogP contribution in [0.5, 0.6) is 0 Å². The van der Waals surface area contributed by atoms with Crippen molar-refractivity contribution in [3.63, 3.8) is 0 Å². The van der Waals surface area contributed by atoms with Gasteiger partial charge in [-0.15, -0.1) is 0 Å². The topological polar surface area (TPSA) is 77.5 Å². The lowest BCUT2D eigenvalue weighted by Gasteiger charge is -2.21. The Kier molecular flexibility index (Phi) is 14.1. The van der Waals surface area contributed by atoms with Gasteiger partial charge < -0.3 is 24.1 Å². The minimum atomic E-state index is -0.805. The molecule has 20 heavy (non-hydrogen) atoms. The van der Waals surface area contributed by atoms with E-state index in [0.717, 1.165) is 0 Å². The fourth-order valence-electron chi connectivity index (χ4n) is 1.38. The molecule has 0 atom stereocenters. The van der Waals surface area contributed by atoms with Crippen molar-refractivity contribution in [2.45, 2.75) is 20.3 Å². The van der Waals surface area contributed by atoms with Crippen LogP contribution >= 0.6 is 0 Å². The third-order valence-corrected chi connectivity index (χ3v) is 2.49. The normalized spacial score (nSPS) is 11.2. The Labute approximate surface area is 120 Å². The Morgan fingerprint density at radius 2 is 1.40 bits per heavy atom. The zero-order valence-corrected chi connectivity index (χ0v) is 12.5. The molecule has 0 radical (unpaired) electrons. The number of carbonyl (C=O) groups is 1. The summed E-state index contributed by atoms with van der Waals surface area (Å²) in [5.41, 5.74) is 0. The van der Waals surface area contributed by atoms with E-state index in [1.807, 2.05) is 18.7 Å². The van der Waals surface area contributed by atoms with Gasteiger partial charge in [0.15, 0.2) is 0 Å². The summed E-state index contributed by atoms with van der Waals surface area (Å²) < 4.78 is 20.7. The number of carboxylic acid groups (broad SMARTS) is 1. The maximum Gasteiger partial charge on any atom is 0.304 e. The highest BCUT2D eigenvalue weighted by atomic mass is 16.7. The molecule has 1 N–H and O–H groups in total. The van der Waals surface area contributed by atoms with E-state index >= 15 is 0 Å². The fourth-order valence-corrected chi connectivity index (χ4v) is 1.38. The first-order valence-electron chi connectivity index (χ1n) is 6.95. The molecule has 7 nitrogen and oxygen atoms in total. The highest BCUT2D eigenvalue weighted by Gasteiger charge is 2.07. The Morgan fingerprint density at radius 1 is 0.900 bits per heavy atom. The van der Waals surface area contributed by atoms with E-state index in [4.69, 9.17) is 24.1 Å². The Bertz CT molecular complexity index is 213. The van der Waals surface area contributed by atoms with Gasteiger partial charge in [-0.1, -0.05) is 0 Å². The number of hydrogen-bond acceptors (Lipinski definition) is 6. The first kappa shape index (κ1) is 19.3. The molecule has 0 aromatic carbocycles. The molecule has 0 unspecified atom stereocenters. The van der Waals surface area contributed by atoms with Gasteiger partial charge in [-0.3, -0.25) is 9.69 Å². The van der Waals surface area contributed by atoms with Gasteiger partial charge in [-0.05, 0) is 13.8 Å². The molecular weight excluding hydrogens is 266 g/mol. The van der Waals surface area contributed by atoms with Crippen LogP contribution in [0.15, 0.2) is 0 Å². The van der Waals surface area contributed by atoms with E-state index < -0.39 is 5.97 Å². The molecule has 0 aliphatic heterocycles. The highest BCUT2D eigenvalue weighted by molar-refractivity contribution is 5.66. The largest absolute Gasteiger partial charge is 0.481 e. The van der Waals surface area contributed by atoms with E-state index in [9.17, 15) is 4.79 Å².